The first-order valence-corrected chi connectivity index (χ1v) is 6.32. The summed E-state index contributed by atoms with van der Waals surface area (Å²) in [5, 5.41) is 0. The molecule has 0 aromatic heterocycles. The summed E-state index contributed by atoms with van der Waals surface area (Å²) < 4.78 is 5.56. The molecule has 0 N–H and O–H groups in total. The fourth-order valence-corrected chi connectivity index (χ4v) is 2.27. The van der Waals surface area contributed by atoms with Crippen LogP contribution in [0.4, 0.5) is 0 Å². The molecule has 0 aliphatic heterocycles. The third-order valence-electron chi connectivity index (χ3n) is 3.41. The molecule has 0 saturated carbocycles. The van der Waals surface area contributed by atoms with Crippen molar-refractivity contribution in [1.29, 1.82) is 0 Å². The average Bonchev–Trinajstić information content (AvgIpc) is 2.33. The molecule has 0 spiro atoms. The highest BCUT2D eigenvalue weighted by atomic mass is 16.5. The molecule has 1 heteroatoms. The van der Waals surface area contributed by atoms with Gasteiger partial charge in [-0.2, -0.15) is 0 Å². The largest absolute Gasteiger partial charge is 0.494 e. The minimum atomic E-state index is 0.514. The number of benzene rings is 1. The Labute approximate surface area is 104 Å². The minimum Gasteiger partial charge on any atom is -0.494 e. The molecule has 0 radical (unpaired) electrons. The molecule has 1 aromatic carbocycles. The summed E-state index contributed by atoms with van der Waals surface area (Å²) in [7, 11) is 0. The molecule has 0 heterocycles. The van der Waals surface area contributed by atoms with Crippen molar-refractivity contribution in [1.82, 2.24) is 0 Å². The van der Waals surface area contributed by atoms with E-state index >= 15 is 0 Å². The lowest BCUT2D eigenvalue weighted by Gasteiger charge is -2.21. The predicted octanol–water partition coefficient (Wildman–Crippen LogP) is 4.45. The lowest BCUT2D eigenvalue weighted by atomic mass is 9.84. The Bertz CT molecular complexity index is 454. The van der Waals surface area contributed by atoms with E-state index in [2.05, 4.69) is 44.2 Å². The number of hydrogen-bond acceptors (Lipinski definition) is 1. The van der Waals surface area contributed by atoms with Crippen molar-refractivity contribution in [2.75, 3.05) is 6.61 Å². The summed E-state index contributed by atoms with van der Waals surface area (Å²) in [6, 6.07) is 8.40. The number of rotatable bonds is 3. The standard InChI is InChI=1S/C16H20O/c1-4-17-15-9-6-8-14(11-15)16-10-5-7-12(2)13(16)3/h6-11,13H,4-5H2,1-3H3. The maximum Gasteiger partial charge on any atom is 0.119 e. The van der Waals surface area contributed by atoms with Gasteiger partial charge in [0.1, 0.15) is 5.75 Å². The Kier molecular flexibility index (Phi) is 3.68. The summed E-state index contributed by atoms with van der Waals surface area (Å²) >= 11 is 0. The van der Waals surface area contributed by atoms with Crippen LogP contribution in [0.3, 0.4) is 0 Å². The normalized spacial score (nSPS) is 19.6. The first-order valence-electron chi connectivity index (χ1n) is 6.32. The Morgan fingerprint density at radius 1 is 1.29 bits per heavy atom. The van der Waals surface area contributed by atoms with Gasteiger partial charge in [-0.1, -0.05) is 36.8 Å². The quantitative estimate of drug-likeness (QED) is 0.694. The second-order valence-corrected chi connectivity index (χ2v) is 4.53. The van der Waals surface area contributed by atoms with Crippen molar-refractivity contribution in [2.45, 2.75) is 27.2 Å². The SMILES string of the molecule is CCOc1cccc(C2=CCC=C(C)C2C)c1. The smallest absolute Gasteiger partial charge is 0.119 e. The number of hydrogen-bond donors (Lipinski definition) is 0. The highest BCUT2D eigenvalue weighted by Crippen LogP contribution is 2.33. The van der Waals surface area contributed by atoms with Gasteiger partial charge in [-0.3, -0.25) is 0 Å². The molecular formula is C16H20O. The second-order valence-electron chi connectivity index (χ2n) is 4.53. The zero-order valence-corrected chi connectivity index (χ0v) is 10.9. The topological polar surface area (TPSA) is 9.23 Å². The molecular weight excluding hydrogens is 208 g/mol. The van der Waals surface area contributed by atoms with Gasteiger partial charge >= 0.3 is 0 Å². The zero-order chi connectivity index (χ0) is 12.3. The molecule has 90 valence electrons. The molecule has 0 saturated heterocycles. The lowest BCUT2D eigenvalue weighted by Crippen LogP contribution is -2.04. The Balaban J connectivity index is 2.28. The Morgan fingerprint density at radius 3 is 2.88 bits per heavy atom. The van der Waals surface area contributed by atoms with Crippen LogP contribution in [-0.2, 0) is 0 Å². The van der Waals surface area contributed by atoms with Gasteiger partial charge < -0.3 is 4.74 Å². The van der Waals surface area contributed by atoms with Crippen LogP contribution >= 0.6 is 0 Å². The molecule has 1 unspecified atom stereocenters. The van der Waals surface area contributed by atoms with Gasteiger partial charge in [0.2, 0.25) is 0 Å². The molecule has 1 atom stereocenters. The van der Waals surface area contributed by atoms with Crippen LogP contribution < -0.4 is 4.74 Å². The summed E-state index contributed by atoms with van der Waals surface area (Å²) in [6.07, 6.45) is 5.67. The molecule has 2 rings (SSSR count). The van der Waals surface area contributed by atoms with Crippen LogP contribution in [-0.4, -0.2) is 6.61 Å². The third-order valence-corrected chi connectivity index (χ3v) is 3.41. The summed E-state index contributed by atoms with van der Waals surface area (Å²) in [4.78, 5) is 0. The lowest BCUT2D eigenvalue weighted by molar-refractivity contribution is 0.340. The molecule has 1 aromatic rings. The van der Waals surface area contributed by atoms with E-state index in [4.69, 9.17) is 4.74 Å². The molecule has 1 aliphatic carbocycles. The third kappa shape index (κ3) is 2.60. The van der Waals surface area contributed by atoms with Crippen LogP contribution in [0.25, 0.3) is 5.57 Å². The van der Waals surface area contributed by atoms with E-state index in [0.29, 0.717) is 5.92 Å². The van der Waals surface area contributed by atoms with E-state index in [1.165, 1.54) is 16.7 Å². The summed E-state index contributed by atoms with van der Waals surface area (Å²) in [5.41, 5.74) is 4.17. The van der Waals surface area contributed by atoms with Crippen molar-refractivity contribution in [3.63, 3.8) is 0 Å². The summed E-state index contributed by atoms with van der Waals surface area (Å²) in [5.74, 6) is 1.48. The van der Waals surface area contributed by atoms with Crippen molar-refractivity contribution in [3.05, 3.63) is 47.6 Å². The molecule has 1 nitrogen and oxygen atoms in total. The van der Waals surface area contributed by atoms with Crippen molar-refractivity contribution >= 4 is 5.57 Å². The van der Waals surface area contributed by atoms with Crippen molar-refractivity contribution in [3.8, 4) is 5.75 Å². The highest BCUT2D eigenvalue weighted by Gasteiger charge is 2.15. The Morgan fingerprint density at radius 2 is 2.12 bits per heavy atom. The van der Waals surface area contributed by atoms with Gasteiger partial charge in [-0.05, 0) is 43.5 Å². The van der Waals surface area contributed by atoms with E-state index in [9.17, 15) is 0 Å². The second kappa shape index (κ2) is 5.22. The first kappa shape index (κ1) is 12.0. The molecule has 1 aliphatic rings. The summed E-state index contributed by atoms with van der Waals surface area (Å²) in [6.45, 7) is 7.22. The van der Waals surface area contributed by atoms with E-state index in [-0.39, 0.29) is 0 Å². The maximum atomic E-state index is 5.56. The molecule has 17 heavy (non-hydrogen) atoms. The van der Waals surface area contributed by atoms with Gasteiger partial charge in [0.15, 0.2) is 0 Å². The molecule has 0 fully saturated rings. The van der Waals surface area contributed by atoms with Crippen molar-refractivity contribution in [2.24, 2.45) is 5.92 Å². The average molecular weight is 228 g/mol. The predicted molar refractivity (Wildman–Crippen MR) is 73.1 cm³/mol. The van der Waals surface area contributed by atoms with Crippen LogP contribution in [0.5, 0.6) is 5.75 Å². The van der Waals surface area contributed by atoms with Gasteiger partial charge in [0.05, 0.1) is 6.61 Å². The van der Waals surface area contributed by atoms with Crippen LogP contribution in [0.2, 0.25) is 0 Å². The van der Waals surface area contributed by atoms with E-state index in [1.54, 1.807) is 0 Å². The van der Waals surface area contributed by atoms with Gasteiger partial charge in [-0.25, -0.2) is 0 Å². The van der Waals surface area contributed by atoms with Gasteiger partial charge in [0, 0.05) is 5.92 Å². The highest BCUT2D eigenvalue weighted by molar-refractivity contribution is 5.71. The number of allylic oxidation sites excluding steroid dienone is 4. The van der Waals surface area contributed by atoms with E-state index < -0.39 is 0 Å². The van der Waals surface area contributed by atoms with Crippen LogP contribution in [0, 0.1) is 5.92 Å². The monoisotopic (exact) mass is 228 g/mol. The molecule has 0 bridgehead atoms. The zero-order valence-electron chi connectivity index (χ0n) is 10.9. The fraction of sp³-hybridized carbons (Fsp3) is 0.375. The van der Waals surface area contributed by atoms with E-state index in [1.807, 2.05) is 13.0 Å². The maximum absolute atomic E-state index is 5.56. The van der Waals surface area contributed by atoms with Gasteiger partial charge in [0.25, 0.3) is 0 Å². The first-order chi connectivity index (χ1) is 8.22. The number of ether oxygens (including phenoxy) is 1. The van der Waals surface area contributed by atoms with E-state index in [0.717, 1.165) is 18.8 Å². The van der Waals surface area contributed by atoms with Crippen LogP contribution in [0.15, 0.2) is 42.0 Å². The van der Waals surface area contributed by atoms with Crippen molar-refractivity contribution < 1.29 is 4.74 Å². The van der Waals surface area contributed by atoms with Gasteiger partial charge in [-0.15, -0.1) is 0 Å². The minimum absolute atomic E-state index is 0.514. The fourth-order valence-electron chi connectivity index (χ4n) is 2.27. The van der Waals surface area contributed by atoms with Crippen LogP contribution in [0.1, 0.15) is 32.8 Å². The molecule has 0 amide bonds. The Hall–Kier alpha value is -1.50.